The molecule has 0 aliphatic heterocycles. The van der Waals surface area contributed by atoms with Crippen molar-refractivity contribution < 1.29 is 29.3 Å². The second-order valence-corrected chi connectivity index (χ2v) is 10.2. The smallest absolute Gasteiger partial charge is 0.323 e. The minimum atomic E-state index is -1.25. The van der Waals surface area contributed by atoms with E-state index in [4.69, 9.17) is 11.5 Å². The van der Waals surface area contributed by atoms with Crippen LogP contribution in [0, 0.1) is 10.1 Å². The van der Waals surface area contributed by atoms with Gasteiger partial charge in [-0.05, 0) is 35.1 Å². The summed E-state index contributed by atoms with van der Waals surface area (Å²) < 4.78 is 0. The molecule has 242 valence electrons. The van der Waals surface area contributed by atoms with E-state index < -0.39 is 53.3 Å². The monoisotopic (exact) mass is 632 g/mol. The number of carboxylic acids is 1. The minimum absolute atomic E-state index is 0.0491. The van der Waals surface area contributed by atoms with Gasteiger partial charge in [-0.1, -0.05) is 84.9 Å². The maximum atomic E-state index is 14.0. The highest BCUT2D eigenvalue weighted by Crippen LogP contribution is 2.25. The predicted octanol–water partition coefficient (Wildman–Crippen LogP) is 1.46. The van der Waals surface area contributed by atoms with Gasteiger partial charge in [-0.25, -0.2) is 14.9 Å². The van der Waals surface area contributed by atoms with E-state index >= 15 is 0 Å². The molecular formula is C31H36N8O7. The van der Waals surface area contributed by atoms with Crippen LogP contribution in [0.3, 0.4) is 0 Å². The van der Waals surface area contributed by atoms with Gasteiger partial charge in [0.25, 0.3) is 5.96 Å². The number of hydrazone groups is 1. The quantitative estimate of drug-likeness (QED) is 0.0440. The Kier molecular flexibility index (Phi) is 13.0. The Morgan fingerprint density at radius 3 is 1.96 bits per heavy atom. The number of aliphatic carboxylic acids is 1. The number of carbonyl (C=O) groups is 4. The number of guanidine groups is 1. The second kappa shape index (κ2) is 17.3. The molecule has 3 rings (SSSR count). The standard InChI is InChI=1S/C31H36N8O7/c32-30(37-39(45)46)34-17-7-12-25(36-28(42)27(23-8-3-1-4-9-23)24-10-5-2-6-11-24)29(43)38(20-26(40)41)19-22-15-13-21(14-16-22)18-35-31(33)44/h1-6,8-11,13-16,25,27H,7,12,17-20H2,(H,36,42)(H,40,41)(H3,32,34,37)(H3,33,35,44)/t25-/m1/s1. The van der Waals surface area contributed by atoms with Crippen molar-refractivity contribution in [2.75, 3.05) is 13.1 Å². The Balaban J connectivity index is 1.87. The summed E-state index contributed by atoms with van der Waals surface area (Å²) in [6.07, 6.45) is 0.266. The average Bonchev–Trinajstić information content (AvgIpc) is 3.02. The number of primary amides is 1. The zero-order valence-corrected chi connectivity index (χ0v) is 24.9. The Labute approximate surface area is 264 Å². The van der Waals surface area contributed by atoms with Crippen LogP contribution in [0.2, 0.25) is 0 Å². The zero-order valence-electron chi connectivity index (χ0n) is 24.9. The van der Waals surface area contributed by atoms with E-state index in [0.717, 1.165) is 10.5 Å². The van der Waals surface area contributed by atoms with E-state index in [2.05, 4.69) is 21.1 Å². The van der Waals surface area contributed by atoms with Crippen LogP contribution in [0.1, 0.15) is 41.0 Å². The van der Waals surface area contributed by atoms with E-state index in [1.165, 1.54) is 0 Å². The van der Waals surface area contributed by atoms with Crippen molar-refractivity contribution >= 4 is 29.8 Å². The van der Waals surface area contributed by atoms with Gasteiger partial charge in [0.15, 0.2) is 5.03 Å². The van der Waals surface area contributed by atoms with E-state index in [9.17, 15) is 34.4 Å². The molecule has 0 aromatic heterocycles. The van der Waals surface area contributed by atoms with E-state index in [-0.39, 0.29) is 32.5 Å². The molecule has 0 aliphatic rings. The third kappa shape index (κ3) is 11.3. The molecule has 0 fully saturated rings. The third-order valence-electron chi connectivity index (χ3n) is 6.81. The fourth-order valence-electron chi connectivity index (χ4n) is 4.71. The number of hydrogen-bond donors (Lipinski definition) is 6. The summed E-state index contributed by atoms with van der Waals surface area (Å²) in [7, 11) is 0. The summed E-state index contributed by atoms with van der Waals surface area (Å²) in [4.78, 5) is 62.4. The summed E-state index contributed by atoms with van der Waals surface area (Å²) in [5.74, 6) is -3.56. The lowest BCUT2D eigenvalue weighted by atomic mass is 9.90. The van der Waals surface area contributed by atoms with Gasteiger partial charge in [0.1, 0.15) is 17.7 Å². The van der Waals surface area contributed by atoms with Gasteiger partial charge in [-0.3, -0.25) is 14.4 Å². The number of carboxylic acid groups (broad SMARTS) is 1. The number of amides is 4. The Morgan fingerprint density at radius 1 is 0.870 bits per heavy atom. The van der Waals surface area contributed by atoms with Gasteiger partial charge in [0.2, 0.25) is 11.8 Å². The molecule has 0 saturated carbocycles. The van der Waals surface area contributed by atoms with Gasteiger partial charge >= 0.3 is 12.0 Å². The molecule has 3 aromatic rings. The maximum Gasteiger partial charge on any atom is 0.323 e. The summed E-state index contributed by atoms with van der Waals surface area (Å²) in [5.41, 5.74) is 13.3. The number of rotatable bonds is 16. The Hall–Kier alpha value is -5.99. The SMILES string of the molecule is NC(=O)NCc1ccc(CN(CC(=O)O)C(=O)[C@@H](CCCNC(N)=N[N+](=O)[O-])NC(=O)C(c2ccccc2)c2ccccc2)cc1. The van der Waals surface area contributed by atoms with Crippen LogP contribution in [0.5, 0.6) is 0 Å². The van der Waals surface area contributed by atoms with Crippen molar-refractivity contribution in [2.45, 2.75) is 37.9 Å². The van der Waals surface area contributed by atoms with Crippen molar-refractivity contribution in [3.05, 3.63) is 117 Å². The maximum absolute atomic E-state index is 14.0. The van der Waals surface area contributed by atoms with E-state index in [0.29, 0.717) is 16.7 Å². The number of nitrogens with zero attached hydrogens (tertiary/aromatic N) is 3. The van der Waals surface area contributed by atoms with E-state index in [1.54, 1.807) is 72.8 Å². The van der Waals surface area contributed by atoms with Crippen LogP contribution in [0.25, 0.3) is 0 Å². The molecule has 0 aliphatic carbocycles. The lowest BCUT2D eigenvalue weighted by Gasteiger charge is -2.28. The molecule has 4 amide bonds. The number of nitrogens with two attached hydrogens (primary N) is 2. The molecule has 15 nitrogen and oxygen atoms in total. The molecule has 0 bridgehead atoms. The number of benzene rings is 3. The van der Waals surface area contributed by atoms with Gasteiger partial charge in [-0.2, -0.15) is 0 Å². The van der Waals surface area contributed by atoms with Crippen LogP contribution < -0.4 is 27.4 Å². The van der Waals surface area contributed by atoms with Crippen molar-refractivity contribution in [3.63, 3.8) is 0 Å². The molecule has 0 radical (unpaired) electrons. The molecule has 3 aromatic carbocycles. The first-order valence-electron chi connectivity index (χ1n) is 14.3. The van der Waals surface area contributed by atoms with Gasteiger partial charge < -0.3 is 37.4 Å². The van der Waals surface area contributed by atoms with Crippen LogP contribution in [0.4, 0.5) is 4.79 Å². The molecule has 0 spiro atoms. The number of carbonyl (C=O) groups excluding carboxylic acids is 3. The van der Waals surface area contributed by atoms with Crippen LogP contribution in [0.15, 0.2) is 90.0 Å². The molecule has 0 unspecified atom stereocenters. The van der Waals surface area contributed by atoms with Crippen molar-refractivity contribution in [3.8, 4) is 0 Å². The highest BCUT2D eigenvalue weighted by molar-refractivity contribution is 5.93. The molecule has 46 heavy (non-hydrogen) atoms. The lowest BCUT2D eigenvalue weighted by molar-refractivity contribution is -0.485. The highest BCUT2D eigenvalue weighted by atomic mass is 16.7. The number of nitro groups is 1. The Morgan fingerprint density at radius 2 is 1.43 bits per heavy atom. The van der Waals surface area contributed by atoms with Crippen molar-refractivity contribution in [1.29, 1.82) is 0 Å². The molecule has 1 atom stereocenters. The molecule has 0 saturated heterocycles. The first kappa shape index (κ1) is 34.5. The normalized spacial score (nSPS) is 11.7. The Bertz CT molecular complexity index is 1480. The number of urea groups is 1. The predicted molar refractivity (Wildman–Crippen MR) is 168 cm³/mol. The van der Waals surface area contributed by atoms with Crippen molar-refractivity contribution in [1.82, 2.24) is 20.9 Å². The van der Waals surface area contributed by atoms with Gasteiger partial charge in [-0.15, -0.1) is 0 Å². The summed E-state index contributed by atoms with van der Waals surface area (Å²) in [5, 5.41) is 30.1. The first-order valence-corrected chi connectivity index (χ1v) is 14.3. The largest absolute Gasteiger partial charge is 0.480 e. The second-order valence-electron chi connectivity index (χ2n) is 10.2. The summed E-state index contributed by atoms with van der Waals surface area (Å²) >= 11 is 0. The molecule has 15 heteroatoms. The van der Waals surface area contributed by atoms with Crippen LogP contribution in [-0.4, -0.2) is 63.9 Å². The third-order valence-corrected chi connectivity index (χ3v) is 6.81. The van der Waals surface area contributed by atoms with Crippen LogP contribution in [-0.2, 0) is 27.5 Å². The molecule has 8 N–H and O–H groups in total. The highest BCUT2D eigenvalue weighted by Gasteiger charge is 2.31. The fraction of sp³-hybridized carbons (Fsp3) is 0.258. The summed E-state index contributed by atoms with van der Waals surface area (Å²) in [6, 6.07) is 23.0. The van der Waals surface area contributed by atoms with Crippen LogP contribution >= 0.6 is 0 Å². The topological polar surface area (TPSA) is 235 Å². The molecular weight excluding hydrogens is 596 g/mol. The summed E-state index contributed by atoms with van der Waals surface area (Å²) in [6.45, 7) is -0.444. The lowest BCUT2D eigenvalue weighted by Crippen LogP contribution is -2.51. The number of nitrogens with one attached hydrogen (secondary N) is 3. The zero-order chi connectivity index (χ0) is 33.5. The fourth-order valence-corrected chi connectivity index (χ4v) is 4.71. The molecule has 0 heterocycles. The average molecular weight is 633 g/mol. The van der Waals surface area contributed by atoms with Gasteiger partial charge in [0.05, 0.1) is 5.92 Å². The first-order chi connectivity index (χ1) is 22.0. The van der Waals surface area contributed by atoms with Gasteiger partial charge in [0, 0.05) is 19.6 Å². The number of hydrogen-bond acceptors (Lipinski definition) is 6. The van der Waals surface area contributed by atoms with E-state index in [1.807, 2.05) is 12.1 Å². The van der Waals surface area contributed by atoms with Crippen molar-refractivity contribution in [2.24, 2.45) is 16.6 Å². The minimum Gasteiger partial charge on any atom is -0.480 e.